The molecule has 0 aliphatic heterocycles. The van der Waals surface area contributed by atoms with Crippen LogP contribution in [0.25, 0.3) is 0 Å². The smallest absolute Gasteiger partial charge is 0.126 e. The van der Waals surface area contributed by atoms with Gasteiger partial charge >= 0.3 is 0 Å². The SMILES string of the molecule is Cc1ccc(CCC(N)Cc2cc(Cl)ccc2F)cc1. The van der Waals surface area contributed by atoms with E-state index >= 15 is 0 Å². The fraction of sp³-hybridized carbons (Fsp3) is 0.294. The molecule has 0 amide bonds. The zero-order valence-electron chi connectivity index (χ0n) is 11.6. The van der Waals surface area contributed by atoms with Gasteiger partial charge in [-0.1, -0.05) is 41.4 Å². The number of rotatable bonds is 5. The number of hydrogen-bond donors (Lipinski definition) is 1. The van der Waals surface area contributed by atoms with E-state index in [0.717, 1.165) is 12.8 Å². The average molecular weight is 292 g/mol. The molecule has 1 atom stereocenters. The Bertz CT molecular complexity index is 566. The van der Waals surface area contributed by atoms with Crippen molar-refractivity contribution in [3.63, 3.8) is 0 Å². The van der Waals surface area contributed by atoms with Crippen LogP contribution in [-0.4, -0.2) is 6.04 Å². The molecule has 0 heterocycles. The highest BCUT2D eigenvalue weighted by Gasteiger charge is 2.09. The van der Waals surface area contributed by atoms with Gasteiger partial charge in [-0.15, -0.1) is 0 Å². The van der Waals surface area contributed by atoms with Gasteiger partial charge in [-0.05, 0) is 55.5 Å². The van der Waals surface area contributed by atoms with Crippen LogP contribution >= 0.6 is 11.6 Å². The predicted molar refractivity (Wildman–Crippen MR) is 82.6 cm³/mol. The molecule has 0 fully saturated rings. The molecule has 2 rings (SSSR count). The summed E-state index contributed by atoms with van der Waals surface area (Å²) < 4.78 is 13.6. The summed E-state index contributed by atoms with van der Waals surface area (Å²) >= 11 is 5.88. The lowest BCUT2D eigenvalue weighted by molar-refractivity contribution is 0.566. The van der Waals surface area contributed by atoms with E-state index in [1.807, 2.05) is 0 Å². The molecule has 2 aromatic carbocycles. The molecule has 0 spiro atoms. The fourth-order valence-electron chi connectivity index (χ4n) is 2.19. The van der Waals surface area contributed by atoms with Crippen molar-refractivity contribution in [1.29, 1.82) is 0 Å². The van der Waals surface area contributed by atoms with Gasteiger partial charge in [0.15, 0.2) is 0 Å². The summed E-state index contributed by atoms with van der Waals surface area (Å²) in [6.07, 6.45) is 2.25. The molecule has 3 heteroatoms. The van der Waals surface area contributed by atoms with Gasteiger partial charge in [-0.25, -0.2) is 4.39 Å². The van der Waals surface area contributed by atoms with Crippen LogP contribution in [0.3, 0.4) is 0 Å². The summed E-state index contributed by atoms with van der Waals surface area (Å²) in [5, 5.41) is 0.548. The first kappa shape index (κ1) is 15.0. The van der Waals surface area contributed by atoms with Crippen LogP contribution in [-0.2, 0) is 12.8 Å². The van der Waals surface area contributed by atoms with E-state index in [9.17, 15) is 4.39 Å². The molecule has 2 N–H and O–H groups in total. The molecule has 0 aliphatic rings. The average Bonchev–Trinajstić information content (AvgIpc) is 2.42. The molecule has 1 nitrogen and oxygen atoms in total. The molecule has 0 radical (unpaired) electrons. The molecule has 0 saturated heterocycles. The Kier molecular flexibility index (Phi) is 5.16. The Hall–Kier alpha value is -1.38. The number of benzene rings is 2. The van der Waals surface area contributed by atoms with Crippen LogP contribution in [0.1, 0.15) is 23.1 Å². The summed E-state index contributed by atoms with van der Waals surface area (Å²) in [5.41, 5.74) is 9.20. The maximum Gasteiger partial charge on any atom is 0.126 e. The topological polar surface area (TPSA) is 26.0 Å². The second-order valence-corrected chi connectivity index (χ2v) is 5.66. The fourth-order valence-corrected chi connectivity index (χ4v) is 2.39. The monoisotopic (exact) mass is 291 g/mol. The first-order chi connectivity index (χ1) is 9.54. The first-order valence-electron chi connectivity index (χ1n) is 6.79. The lowest BCUT2D eigenvalue weighted by Crippen LogP contribution is -2.24. The predicted octanol–water partition coefficient (Wildman–Crippen LogP) is 4.29. The third-order valence-corrected chi connectivity index (χ3v) is 3.65. The van der Waals surface area contributed by atoms with Crippen LogP contribution in [0.2, 0.25) is 5.02 Å². The zero-order chi connectivity index (χ0) is 14.5. The molecule has 0 aromatic heterocycles. The van der Waals surface area contributed by atoms with E-state index in [1.54, 1.807) is 12.1 Å². The standard InChI is InChI=1S/C17H19ClFN/c1-12-2-4-13(5-3-12)6-8-16(20)11-14-10-15(18)7-9-17(14)19/h2-5,7,9-10,16H,6,8,11,20H2,1H3. The Morgan fingerprint density at radius 2 is 1.85 bits per heavy atom. The Balaban J connectivity index is 1.90. The zero-order valence-corrected chi connectivity index (χ0v) is 12.3. The Morgan fingerprint density at radius 3 is 2.55 bits per heavy atom. The van der Waals surface area contributed by atoms with Gasteiger partial charge in [0, 0.05) is 11.1 Å². The molecule has 106 valence electrons. The summed E-state index contributed by atoms with van der Waals surface area (Å²) in [5.74, 6) is -0.236. The lowest BCUT2D eigenvalue weighted by atomic mass is 9.99. The molecule has 0 bridgehead atoms. The van der Waals surface area contributed by atoms with Gasteiger partial charge in [0.05, 0.1) is 0 Å². The van der Waals surface area contributed by atoms with Crippen LogP contribution in [0, 0.1) is 12.7 Å². The van der Waals surface area contributed by atoms with E-state index in [2.05, 4.69) is 31.2 Å². The summed E-state index contributed by atoms with van der Waals surface area (Å²) in [6.45, 7) is 2.07. The third kappa shape index (κ3) is 4.32. The molecule has 0 saturated carbocycles. The van der Waals surface area contributed by atoms with Crippen molar-refractivity contribution in [2.75, 3.05) is 0 Å². The van der Waals surface area contributed by atoms with Crippen LogP contribution in [0.4, 0.5) is 4.39 Å². The van der Waals surface area contributed by atoms with Crippen molar-refractivity contribution in [2.24, 2.45) is 5.73 Å². The Labute approximate surface area is 124 Å². The summed E-state index contributed by atoms with van der Waals surface area (Å²) in [6, 6.07) is 13.0. The van der Waals surface area contributed by atoms with Gasteiger partial charge in [0.1, 0.15) is 5.82 Å². The summed E-state index contributed by atoms with van der Waals surface area (Å²) in [4.78, 5) is 0. The van der Waals surface area contributed by atoms with Crippen molar-refractivity contribution in [2.45, 2.75) is 32.2 Å². The van der Waals surface area contributed by atoms with E-state index in [4.69, 9.17) is 17.3 Å². The summed E-state index contributed by atoms with van der Waals surface area (Å²) in [7, 11) is 0. The molecular formula is C17H19ClFN. The second kappa shape index (κ2) is 6.87. The maximum absolute atomic E-state index is 13.6. The molecule has 1 unspecified atom stereocenters. The van der Waals surface area contributed by atoms with Crippen LogP contribution < -0.4 is 5.73 Å². The number of halogens is 2. The highest BCUT2D eigenvalue weighted by molar-refractivity contribution is 6.30. The molecule has 20 heavy (non-hydrogen) atoms. The van der Waals surface area contributed by atoms with Gasteiger partial charge in [0.25, 0.3) is 0 Å². The van der Waals surface area contributed by atoms with E-state index in [0.29, 0.717) is 17.0 Å². The number of nitrogens with two attached hydrogens (primary N) is 1. The van der Waals surface area contributed by atoms with Crippen LogP contribution in [0.5, 0.6) is 0 Å². The largest absolute Gasteiger partial charge is 0.327 e. The van der Waals surface area contributed by atoms with Crippen molar-refractivity contribution >= 4 is 11.6 Å². The quantitative estimate of drug-likeness (QED) is 0.874. The van der Waals surface area contributed by atoms with E-state index in [1.165, 1.54) is 17.2 Å². The maximum atomic E-state index is 13.6. The van der Waals surface area contributed by atoms with Gasteiger partial charge in [-0.2, -0.15) is 0 Å². The highest BCUT2D eigenvalue weighted by Crippen LogP contribution is 2.17. The first-order valence-corrected chi connectivity index (χ1v) is 7.17. The van der Waals surface area contributed by atoms with Crippen molar-refractivity contribution in [1.82, 2.24) is 0 Å². The third-order valence-electron chi connectivity index (χ3n) is 3.41. The minimum absolute atomic E-state index is 0.0655. The minimum atomic E-state index is -0.236. The van der Waals surface area contributed by atoms with Gasteiger partial charge in [0.2, 0.25) is 0 Å². The van der Waals surface area contributed by atoms with Gasteiger partial charge in [-0.3, -0.25) is 0 Å². The van der Waals surface area contributed by atoms with Crippen molar-refractivity contribution < 1.29 is 4.39 Å². The highest BCUT2D eigenvalue weighted by atomic mass is 35.5. The van der Waals surface area contributed by atoms with Crippen molar-refractivity contribution in [3.8, 4) is 0 Å². The van der Waals surface area contributed by atoms with E-state index < -0.39 is 0 Å². The number of aryl methyl sites for hydroxylation is 2. The van der Waals surface area contributed by atoms with E-state index in [-0.39, 0.29) is 11.9 Å². The normalized spacial score (nSPS) is 12.4. The van der Waals surface area contributed by atoms with Gasteiger partial charge < -0.3 is 5.73 Å². The molecule has 2 aromatic rings. The molecular weight excluding hydrogens is 273 g/mol. The second-order valence-electron chi connectivity index (χ2n) is 5.22. The minimum Gasteiger partial charge on any atom is -0.327 e. The number of hydrogen-bond acceptors (Lipinski definition) is 1. The van der Waals surface area contributed by atoms with Crippen molar-refractivity contribution in [3.05, 3.63) is 70.0 Å². The lowest BCUT2D eigenvalue weighted by Gasteiger charge is -2.12. The Morgan fingerprint density at radius 1 is 1.15 bits per heavy atom. The molecule has 0 aliphatic carbocycles. The van der Waals surface area contributed by atoms with Crippen LogP contribution in [0.15, 0.2) is 42.5 Å².